The molecule has 2 aromatic rings. The van der Waals surface area contributed by atoms with Crippen molar-refractivity contribution in [1.29, 1.82) is 0 Å². The lowest BCUT2D eigenvalue weighted by atomic mass is 9.84. The standard InChI is InChI=1S/C20H26N4O4/c21-18(27)14-9-10-22-16(11-14)19-23-20(28-24-19)15(12-17(25)26)8-4-7-13-5-2-1-3-6-13/h9-11,13,15H,1-8,12H2,(H2,21,27)(H,25,26)/t15-/m1/s1. The molecule has 2 aromatic heterocycles. The van der Waals surface area contributed by atoms with Crippen LogP contribution in [0.3, 0.4) is 0 Å². The van der Waals surface area contributed by atoms with Crippen molar-refractivity contribution >= 4 is 11.9 Å². The number of amides is 1. The highest BCUT2D eigenvalue weighted by molar-refractivity contribution is 5.93. The number of carboxylic acid groups (broad SMARTS) is 1. The third kappa shape index (κ3) is 5.37. The van der Waals surface area contributed by atoms with Crippen LogP contribution in [-0.4, -0.2) is 32.1 Å². The van der Waals surface area contributed by atoms with Crippen molar-refractivity contribution in [3.63, 3.8) is 0 Å². The first-order chi connectivity index (χ1) is 13.5. The fourth-order valence-corrected chi connectivity index (χ4v) is 3.86. The molecule has 0 unspecified atom stereocenters. The first kappa shape index (κ1) is 20.0. The summed E-state index contributed by atoms with van der Waals surface area (Å²) in [5.41, 5.74) is 5.95. The van der Waals surface area contributed by atoms with E-state index in [1.807, 2.05) is 0 Å². The molecule has 0 aromatic carbocycles. The molecule has 1 fully saturated rings. The molecule has 3 N–H and O–H groups in total. The summed E-state index contributed by atoms with van der Waals surface area (Å²) in [5.74, 6) is -0.525. The Balaban J connectivity index is 1.68. The number of rotatable bonds is 9. The van der Waals surface area contributed by atoms with E-state index in [9.17, 15) is 14.7 Å². The zero-order valence-electron chi connectivity index (χ0n) is 15.8. The predicted molar refractivity (Wildman–Crippen MR) is 101 cm³/mol. The number of carbonyl (C=O) groups excluding carboxylic acids is 1. The van der Waals surface area contributed by atoms with Crippen LogP contribution in [0.5, 0.6) is 0 Å². The number of aromatic nitrogens is 3. The minimum Gasteiger partial charge on any atom is -0.481 e. The second-order valence-electron chi connectivity index (χ2n) is 7.48. The van der Waals surface area contributed by atoms with E-state index in [1.165, 1.54) is 50.4 Å². The van der Waals surface area contributed by atoms with Gasteiger partial charge in [0.1, 0.15) is 5.69 Å². The van der Waals surface area contributed by atoms with E-state index in [-0.39, 0.29) is 18.2 Å². The van der Waals surface area contributed by atoms with Gasteiger partial charge in [-0.05, 0) is 24.5 Å². The summed E-state index contributed by atoms with van der Waals surface area (Å²) < 4.78 is 5.34. The van der Waals surface area contributed by atoms with Crippen LogP contribution in [0, 0.1) is 5.92 Å². The Morgan fingerprint density at radius 3 is 2.79 bits per heavy atom. The highest BCUT2D eigenvalue weighted by atomic mass is 16.5. The fraction of sp³-hybridized carbons (Fsp3) is 0.550. The minimum atomic E-state index is -0.892. The molecule has 8 heteroatoms. The molecule has 0 spiro atoms. The lowest BCUT2D eigenvalue weighted by Crippen LogP contribution is -2.11. The smallest absolute Gasteiger partial charge is 0.304 e. The van der Waals surface area contributed by atoms with E-state index in [2.05, 4.69) is 15.1 Å². The van der Waals surface area contributed by atoms with Gasteiger partial charge in [0.25, 0.3) is 0 Å². The van der Waals surface area contributed by atoms with Crippen molar-refractivity contribution in [3.8, 4) is 11.5 Å². The second kappa shape index (κ2) is 9.43. The maximum absolute atomic E-state index is 11.3. The molecule has 0 bridgehead atoms. The molecule has 3 rings (SSSR count). The second-order valence-corrected chi connectivity index (χ2v) is 7.48. The number of hydrogen-bond donors (Lipinski definition) is 2. The summed E-state index contributed by atoms with van der Waals surface area (Å²) in [6, 6.07) is 3.00. The van der Waals surface area contributed by atoms with Crippen molar-refractivity contribution < 1.29 is 19.2 Å². The van der Waals surface area contributed by atoms with Gasteiger partial charge < -0.3 is 15.4 Å². The zero-order valence-corrected chi connectivity index (χ0v) is 15.8. The molecule has 0 aliphatic heterocycles. The SMILES string of the molecule is NC(=O)c1ccnc(-c2noc([C@H](CCCC3CCCCC3)CC(=O)O)n2)c1. The molecule has 1 atom stereocenters. The lowest BCUT2D eigenvalue weighted by molar-refractivity contribution is -0.137. The number of nitrogens with zero attached hydrogens (tertiary/aromatic N) is 3. The van der Waals surface area contributed by atoms with Crippen LogP contribution >= 0.6 is 0 Å². The highest BCUT2D eigenvalue weighted by Crippen LogP contribution is 2.31. The van der Waals surface area contributed by atoms with Gasteiger partial charge in [-0.2, -0.15) is 4.98 Å². The van der Waals surface area contributed by atoms with E-state index in [0.29, 0.717) is 23.6 Å². The van der Waals surface area contributed by atoms with Crippen LogP contribution < -0.4 is 5.73 Å². The number of hydrogen-bond acceptors (Lipinski definition) is 6. The van der Waals surface area contributed by atoms with E-state index in [1.54, 1.807) is 0 Å². The molecule has 1 aliphatic carbocycles. The molecule has 150 valence electrons. The number of primary amides is 1. The van der Waals surface area contributed by atoms with Gasteiger partial charge in [0.05, 0.1) is 6.42 Å². The number of pyridine rings is 1. The van der Waals surface area contributed by atoms with Gasteiger partial charge in [0.2, 0.25) is 17.6 Å². The van der Waals surface area contributed by atoms with Gasteiger partial charge in [-0.15, -0.1) is 0 Å². The normalized spacial score (nSPS) is 16.0. The summed E-state index contributed by atoms with van der Waals surface area (Å²) in [7, 11) is 0. The van der Waals surface area contributed by atoms with E-state index < -0.39 is 11.9 Å². The van der Waals surface area contributed by atoms with Gasteiger partial charge in [0, 0.05) is 17.7 Å². The first-order valence-electron chi connectivity index (χ1n) is 9.84. The maximum atomic E-state index is 11.3. The van der Waals surface area contributed by atoms with Gasteiger partial charge >= 0.3 is 5.97 Å². The zero-order chi connectivity index (χ0) is 19.9. The number of carbonyl (C=O) groups is 2. The Bertz CT molecular complexity index is 814. The topological polar surface area (TPSA) is 132 Å². The minimum absolute atomic E-state index is 0.0545. The molecule has 28 heavy (non-hydrogen) atoms. The van der Waals surface area contributed by atoms with Crippen molar-refractivity contribution in [2.45, 2.75) is 63.7 Å². The summed E-state index contributed by atoms with van der Waals surface area (Å²) in [6.45, 7) is 0. The largest absolute Gasteiger partial charge is 0.481 e. The highest BCUT2D eigenvalue weighted by Gasteiger charge is 2.24. The maximum Gasteiger partial charge on any atom is 0.304 e. The van der Waals surface area contributed by atoms with Gasteiger partial charge in [-0.3, -0.25) is 14.6 Å². The van der Waals surface area contributed by atoms with Gasteiger partial charge in [-0.1, -0.05) is 50.1 Å². The molecule has 1 amide bonds. The van der Waals surface area contributed by atoms with E-state index in [0.717, 1.165) is 18.8 Å². The Morgan fingerprint density at radius 2 is 2.07 bits per heavy atom. The van der Waals surface area contributed by atoms with Crippen LogP contribution in [-0.2, 0) is 4.79 Å². The third-order valence-electron chi connectivity index (χ3n) is 5.38. The van der Waals surface area contributed by atoms with Crippen molar-refractivity contribution in [3.05, 3.63) is 29.8 Å². The van der Waals surface area contributed by atoms with Crippen molar-refractivity contribution in [2.75, 3.05) is 0 Å². The Kier molecular flexibility index (Phi) is 6.73. The Hall–Kier alpha value is -2.77. The third-order valence-corrected chi connectivity index (χ3v) is 5.38. The molecule has 1 saturated carbocycles. The predicted octanol–water partition coefficient (Wildman–Crippen LogP) is 3.54. The monoisotopic (exact) mass is 386 g/mol. The average Bonchev–Trinajstić information content (AvgIpc) is 3.18. The Morgan fingerprint density at radius 1 is 1.29 bits per heavy atom. The summed E-state index contributed by atoms with van der Waals surface area (Å²) in [6.07, 6.45) is 10.6. The first-order valence-corrected chi connectivity index (χ1v) is 9.84. The van der Waals surface area contributed by atoms with E-state index >= 15 is 0 Å². The summed E-state index contributed by atoms with van der Waals surface area (Å²) in [4.78, 5) is 31.1. The lowest BCUT2D eigenvalue weighted by Gasteiger charge is -2.21. The molecule has 8 nitrogen and oxygen atoms in total. The fourth-order valence-electron chi connectivity index (χ4n) is 3.86. The quantitative estimate of drug-likeness (QED) is 0.673. The van der Waals surface area contributed by atoms with Crippen LogP contribution in [0.25, 0.3) is 11.5 Å². The van der Waals surface area contributed by atoms with Gasteiger partial charge in [0.15, 0.2) is 0 Å². The van der Waals surface area contributed by atoms with E-state index in [4.69, 9.17) is 10.3 Å². The van der Waals surface area contributed by atoms with Crippen molar-refractivity contribution in [1.82, 2.24) is 15.1 Å². The molecule has 0 radical (unpaired) electrons. The molecule has 0 saturated heterocycles. The number of carboxylic acids is 1. The van der Waals surface area contributed by atoms with Crippen molar-refractivity contribution in [2.24, 2.45) is 11.7 Å². The average molecular weight is 386 g/mol. The van der Waals surface area contributed by atoms with Crippen LogP contribution in [0.4, 0.5) is 0 Å². The number of nitrogens with two attached hydrogens (primary N) is 1. The molecular weight excluding hydrogens is 360 g/mol. The number of aliphatic carboxylic acids is 1. The summed E-state index contributed by atoms with van der Waals surface area (Å²) in [5, 5.41) is 13.2. The van der Waals surface area contributed by atoms with Gasteiger partial charge in [-0.25, -0.2) is 0 Å². The molecule has 2 heterocycles. The molecule has 1 aliphatic rings. The van der Waals surface area contributed by atoms with Crippen LogP contribution in [0.2, 0.25) is 0 Å². The summed E-state index contributed by atoms with van der Waals surface area (Å²) >= 11 is 0. The molecular formula is C20H26N4O4. The van der Waals surface area contributed by atoms with Crippen LogP contribution in [0.1, 0.15) is 80.0 Å². The van der Waals surface area contributed by atoms with Crippen LogP contribution in [0.15, 0.2) is 22.9 Å². The Labute approximate surface area is 163 Å².